The predicted octanol–water partition coefficient (Wildman–Crippen LogP) is 4.30. The molecule has 1 aromatic heterocycles. The summed E-state index contributed by atoms with van der Waals surface area (Å²) in [4.78, 5) is 29.9. The van der Waals surface area contributed by atoms with Crippen LogP contribution in [-0.2, 0) is 22.7 Å². The van der Waals surface area contributed by atoms with Gasteiger partial charge in [-0.05, 0) is 70.4 Å². The molecule has 0 saturated heterocycles. The summed E-state index contributed by atoms with van der Waals surface area (Å²) in [5.41, 5.74) is 9.49. The Balaban J connectivity index is 1.84. The van der Waals surface area contributed by atoms with Crippen LogP contribution in [0.25, 0.3) is 11.5 Å². The molecule has 3 rings (SSSR count). The molecule has 0 aliphatic heterocycles. The summed E-state index contributed by atoms with van der Waals surface area (Å²) in [7, 11) is 0. The van der Waals surface area contributed by atoms with Gasteiger partial charge in [0, 0.05) is 18.7 Å². The van der Waals surface area contributed by atoms with E-state index in [1.54, 1.807) is 0 Å². The Hall–Kier alpha value is -3.65. The Morgan fingerprint density at radius 2 is 1.74 bits per heavy atom. The van der Waals surface area contributed by atoms with Gasteiger partial charge in [-0.2, -0.15) is 0 Å². The van der Waals surface area contributed by atoms with E-state index in [2.05, 4.69) is 4.98 Å². The van der Waals surface area contributed by atoms with E-state index in [0.717, 1.165) is 33.5 Å². The number of amides is 1. The molecule has 0 bridgehead atoms. The molecule has 35 heavy (non-hydrogen) atoms. The van der Waals surface area contributed by atoms with E-state index in [4.69, 9.17) is 14.9 Å². The van der Waals surface area contributed by atoms with E-state index in [0.29, 0.717) is 30.5 Å². The van der Waals surface area contributed by atoms with Gasteiger partial charge in [0.25, 0.3) is 0 Å². The number of carboxylic acids is 1. The molecule has 0 unspecified atom stereocenters. The second-order valence-electron chi connectivity index (χ2n) is 9.48. The molecular weight excluding hydrogens is 446 g/mol. The quantitative estimate of drug-likeness (QED) is 0.445. The van der Waals surface area contributed by atoms with Crippen molar-refractivity contribution >= 4 is 11.9 Å². The van der Waals surface area contributed by atoms with Gasteiger partial charge in [-0.15, -0.1) is 0 Å². The number of primary amides is 1. The Labute approximate surface area is 205 Å². The van der Waals surface area contributed by atoms with Crippen molar-refractivity contribution in [2.75, 3.05) is 6.54 Å². The lowest BCUT2D eigenvalue weighted by molar-refractivity contribution is -0.152. The number of nitrogens with two attached hydrogens (primary N) is 1. The molecule has 0 aliphatic carbocycles. The zero-order chi connectivity index (χ0) is 25.9. The van der Waals surface area contributed by atoms with Crippen molar-refractivity contribution in [1.82, 2.24) is 9.88 Å². The molecule has 0 radical (unpaired) electrons. The molecule has 0 aliphatic rings. The minimum absolute atomic E-state index is 0.0501. The monoisotopic (exact) mass is 479 g/mol. The number of rotatable bonds is 10. The summed E-state index contributed by atoms with van der Waals surface area (Å²) in [6.45, 7) is 11.5. The number of ether oxygens (including phenoxy) is 1. The fraction of sp³-hybridized carbons (Fsp3) is 0.370. The summed E-state index contributed by atoms with van der Waals surface area (Å²) < 4.78 is 11.7. The molecule has 1 heterocycles. The van der Waals surface area contributed by atoms with Crippen molar-refractivity contribution < 1.29 is 23.8 Å². The van der Waals surface area contributed by atoms with Gasteiger partial charge in [0.15, 0.2) is 5.60 Å². The molecular formula is C27H33N3O5. The molecule has 1 amide bonds. The van der Waals surface area contributed by atoms with Crippen LogP contribution in [0.15, 0.2) is 40.8 Å². The predicted molar refractivity (Wildman–Crippen MR) is 133 cm³/mol. The van der Waals surface area contributed by atoms with E-state index >= 15 is 0 Å². The van der Waals surface area contributed by atoms with Crippen molar-refractivity contribution in [2.24, 2.45) is 5.73 Å². The molecule has 0 atom stereocenters. The maximum Gasteiger partial charge on any atom is 0.347 e. The Bertz CT molecular complexity index is 1220. The smallest absolute Gasteiger partial charge is 0.347 e. The number of aliphatic carboxylic acids is 1. The fourth-order valence-corrected chi connectivity index (χ4v) is 3.93. The van der Waals surface area contributed by atoms with Crippen molar-refractivity contribution in [3.63, 3.8) is 0 Å². The summed E-state index contributed by atoms with van der Waals surface area (Å²) >= 11 is 0. The Morgan fingerprint density at radius 1 is 1.09 bits per heavy atom. The lowest BCUT2D eigenvalue weighted by Gasteiger charge is -2.25. The first-order chi connectivity index (χ1) is 16.4. The molecule has 8 heteroatoms. The summed E-state index contributed by atoms with van der Waals surface area (Å²) in [6, 6.07) is 11.8. The fourth-order valence-electron chi connectivity index (χ4n) is 3.93. The number of benzene rings is 2. The van der Waals surface area contributed by atoms with Crippen LogP contribution in [0.4, 0.5) is 0 Å². The number of carbonyl (C=O) groups is 2. The van der Waals surface area contributed by atoms with Crippen molar-refractivity contribution in [3.05, 3.63) is 70.1 Å². The van der Waals surface area contributed by atoms with E-state index < -0.39 is 17.5 Å². The standard InChI is InChI=1S/C27H33N3O5/c1-16-8-7-9-21(10-16)25-29-22(19(4)34-25)14-30(15-23(28)31)13-20-11-17(2)24(18(3)12-20)35-27(5,6)26(32)33/h7-12H,13-15H2,1-6H3,(H2,28,31)(H,32,33). The lowest BCUT2D eigenvalue weighted by Crippen LogP contribution is -2.38. The molecule has 8 nitrogen and oxygen atoms in total. The first kappa shape index (κ1) is 26.0. The minimum atomic E-state index is -1.35. The van der Waals surface area contributed by atoms with E-state index in [9.17, 15) is 14.7 Å². The summed E-state index contributed by atoms with van der Waals surface area (Å²) in [5.74, 6) is 0.276. The maximum absolute atomic E-state index is 11.8. The Morgan fingerprint density at radius 3 is 2.31 bits per heavy atom. The highest BCUT2D eigenvalue weighted by molar-refractivity contribution is 5.77. The normalized spacial score (nSPS) is 11.6. The van der Waals surface area contributed by atoms with Crippen LogP contribution in [0.1, 0.15) is 47.6 Å². The van der Waals surface area contributed by atoms with Gasteiger partial charge in [0.05, 0.1) is 12.2 Å². The molecule has 0 saturated carbocycles. The lowest BCUT2D eigenvalue weighted by atomic mass is 10.0. The van der Waals surface area contributed by atoms with Gasteiger partial charge in [0.2, 0.25) is 11.8 Å². The van der Waals surface area contributed by atoms with Gasteiger partial charge in [-0.3, -0.25) is 9.69 Å². The molecule has 3 N–H and O–H groups in total. The zero-order valence-corrected chi connectivity index (χ0v) is 21.1. The first-order valence-corrected chi connectivity index (χ1v) is 11.4. The topological polar surface area (TPSA) is 119 Å². The van der Waals surface area contributed by atoms with Crippen LogP contribution in [0.2, 0.25) is 0 Å². The number of aromatic nitrogens is 1. The number of carbonyl (C=O) groups excluding carboxylic acids is 1. The number of carboxylic acid groups (broad SMARTS) is 1. The molecule has 0 fully saturated rings. The van der Waals surface area contributed by atoms with Crippen molar-refractivity contribution in [1.29, 1.82) is 0 Å². The SMILES string of the molecule is Cc1cccc(-c2nc(CN(CC(N)=O)Cc3cc(C)c(OC(C)(C)C(=O)O)c(C)c3)c(C)o2)c1. The number of oxazole rings is 1. The first-order valence-electron chi connectivity index (χ1n) is 11.4. The van der Waals surface area contributed by atoms with E-state index in [-0.39, 0.29) is 6.54 Å². The number of hydrogen-bond donors (Lipinski definition) is 2. The maximum atomic E-state index is 11.8. The van der Waals surface area contributed by atoms with Crippen LogP contribution < -0.4 is 10.5 Å². The summed E-state index contributed by atoms with van der Waals surface area (Å²) in [5, 5.41) is 9.40. The van der Waals surface area contributed by atoms with Crippen LogP contribution in [0.3, 0.4) is 0 Å². The highest BCUT2D eigenvalue weighted by Gasteiger charge is 2.30. The Kier molecular flexibility index (Phi) is 7.65. The highest BCUT2D eigenvalue weighted by Crippen LogP contribution is 2.30. The second kappa shape index (κ2) is 10.3. The average molecular weight is 480 g/mol. The van der Waals surface area contributed by atoms with Gasteiger partial charge < -0.3 is 20.0 Å². The third kappa shape index (κ3) is 6.48. The number of aryl methyl sites for hydroxylation is 4. The van der Waals surface area contributed by atoms with Gasteiger partial charge >= 0.3 is 5.97 Å². The molecule has 186 valence electrons. The zero-order valence-electron chi connectivity index (χ0n) is 21.1. The number of nitrogens with zero attached hydrogens (tertiary/aromatic N) is 2. The average Bonchev–Trinajstić information content (AvgIpc) is 3.10. The molecule has 2 aromatic carbocycles. The third-order valence-corrected chi connectivity index (χ3v) is 5.71. The van der Waals surface area contributed by atoms with E-state index in [1.165, 1.54) is 13.8 Å². The van der Waals surface area contributed by atoms with Crippen LogP contribution in [-0.4, -0.2) is 39.0 Å². The minimum Gasteiger partial charge on any atom is -0.478 e. The van der Waals surface area contributed by atoms with E-state index in [1.807, 2.05) is 69.0 Å². The largest absolute Gasteiger partial charge is 0.478 e. The van der Waals surface area contributed by atoms with Gasteiger partial charge in [0.1, 0.15) is 11.5 Å². The second-order valence-corrected chi connectivity index (χ2v) is 9.48. The van der Waals surface area contributed by atoms with Crippen LogP contribution in [0, 0.1) is 27.7 Å². The van der Waals surface area contributed by atoms with Crippen LogP contribution in [0.5, 0.6) is 5.75 Å². The van der Waals surface area contributed by atoms with Crippen molar-refractivity contribution in [2.45, 2.75) is 60.2 Å². The van der Waals surface area contributed by atoms with Crippen molar-refractivity contribution in [3.8, 4) is 17.2 Å². The summed E-state index contributed by atoms with van der Waals surface area (Å²) in [6.07, 6.45) is 0. The number of hydrogen-bond acceptors (Lipinski definition) is 6. The van der Waals surface area contributed by atoms with Gasteiger partial charge in [-0.25, -0.2) is 9.78 Å². The molecule has 0 spiro atoms. The van der Waals surface area contributed by atoms with Crippen LogP contribution >= 0.6 is 0 Å². The molecule has 3 aromatic rings. The highest BCUT2D eigenvalue weighted by atomic mass is 16.5. The van der Waals surface area contributed by atoms with Gasteiger partial charge in [-0.1, -0.05) is 29.8 Å². The third-order valence-electron chi connectivity index (χ3n) is 5.71.